The number of methoxy groups -OCH3 is 1. The van der Waals surface area contributed by atoms with Gasteiger partial charge in [-0.15, -0.1) is 0 Å². The van der Waals surface area contributed by atoms with Gasteiger partial charge in [0.25, 0.3) is 5.56 Å². The van der Waals surface area contributed by atoms with Crippen molar-refractivity contribution in [3.8, 4) is 5.75 Å². The third-order valence-electron chi connectivity index (χ3n) is 5.86. The summed E-state index contributed by atoms with van der Waals surface area (Å²) in [6, 6.07) is 12.8. The first kappa shape index (κ1) is 23.2. The molecular formula is C25H26BrN3O4. The van der Waals surface area contributed by atoms with Gasteiger partial charge >= 0.3 is 5.97 Å². The standard InChI is InChI=1S/C25H26BrN3O4/c1-16(25(31)32-2)33-22-13-12-17(14-20(22)26)15-27-29-23(18-8-4-3-5-9-18)28-21-11-7-6-10-19(21)24(29)30/h6-7,10-16,18H,3-5,8-9H2,1-2H3/t16-/m1/s1. The Hall–Kier alpha value is -3.00. The van der Waals surface area contributed by atoms with Gasteiger partial charge in [0.1, 0.15) is 11.6 Å². The van der Waals surface area contributed by atoms with Crippen molar-refractivity contribution in [3.05, 3.63) is 68.7 Å². The molecule has 1 heterocycles. The molecule has 0 radical (unpaired) electrons. The van der Waals surface area contributed by atoms with Crippen LogP contribution in [0.4, 0.5) is 0 Å². The maximum atomic E-state index is 13.3. The van der Waals surface area contributed by atoms with Gasteiger partial charge in [0.15, 0.2) is 6.10 Å². The predicted molar refractivity (Wildman–Crippen MR) is 131 cm³/mol. The van der Waals surface area contributed by atoms with Crippen molar-refractivity contribution in [2.45, 2.75) is 51.0 Å². The summed E-state index contributed by atoms with van der Waals surface area (Å²) in [6.07, 6.45) is 6.42. The van der Waals surface area contributed by atoms with Crippen molar-refractivity contribution in [2.24, 2.45) is 5.10 Å². The molecule has 0 N–H and O–H groups in total. The lowest BCUT2D eigenvalue weighted by Crippen LogP contribution is -2.25. The van der Waals surface area contributed by atoms with Crippen LogP contribution in [0.25, 0.3) is 10.9 Å². The van der Waals surface area contributed by atoms with Crippen molar-refractivity contribution in [1.82, 2.24) is 9.66 Å². The van der Waals surface area contributed by atoms with E-state index in [4.69, 9.17) is 14.5 Å². The number of hydrogen-bond acceptors (Lipinski definition) is 6. The summed E-state index contributed by atoms with van der Waals surface area (Å²) in [6.45, 7) is 1.62. The topological polar surface area (TPSA) is 82.8 Å². The van der Waals surface area contributed by atoms with Crippen molar-refractivity contribution < 1.29 is 14.3 Å². The molecule has 0 saturated heterocycles. The third-order valence-corrected chi connectivity index (χ3v) is 6.48. The summed E-state index contributed by atoms with van der Waals surface area (Å²) in [5, 5.41) is 5.11. The minimum Gasteiger partial charge on any atom is -0.478 e. The van der Waals surface area contributed by atoms with E-state index in [1.165, 1.54) is 18.2 Å². The zero-order chi connectivity index (χ0) is 23.4. The Kier molecular flexibility index (Phi) is 7.23. The minimum absolute atomic E-state index is 0.164. The van der Waals surface area contributed by atoms with Crippen molar-refractivity contribution in [3.63, 3.8) is 0 Å². The van der Waals surface area contributed by atoms with Crippen LogP contribution in [0.1, 0.15) is 56.3 Å². The average molecular weight is 512 g/mol. The van der Waals surface area contributed by atoms with Gasteiger partial charge in [-0.1, -0.05) is 31.4 Å². The van der Waals surface area contributed by atoms with Crippen LogP contribution in [-0.2, 0) is 9.53 Å². The molecule has 7 nitrogen and oxygen atoms in total. The van der Waals surface area contributed by atoms with Crippen LogP contribution in [-0.4, -0.2) is 35.1 Å². The summed E-state index contributed by atoms with van der Waals surface area (Å²) < 4.78 is 12.5. The Morgan fingerprint density at radius 3 is 2.70 bits per heavy atom. The Morgan fingerprint density at radius 2 is 1.97 bits per heavy atom. The molecular weight excluding hydrogens is 486 g/mol. The van der Waals surface area contributed by atoms with Crippen LogP contribution in [0.15, 0.2) is 56.8 Å². The molecule has 0 aliphatic heterocycles. The second kappa shape index (κ2) is 10.3. The fourth-order valence-electron chi connectivity index (χ4n) is 4.10. The van der Waals surface area contributed by atoms with Gasteiger partial charge in [0.05, 0.1) is 28.7 Å². The second-order valence-corrected chi connectivity index (χ2v) is 9.01. The Morgan fingerprint density at radius 1 is 1.21 bits per heavy atom. The molecule has 1 fully saturated rings. The van der Waals surface area contributed by atoms with Gasteiger partial charge in [-0.2, -0.15) is 9.78 Å². The van der Waals surface area contributed by atoms with Crippen LogP contribution in [0.3, 0.4) is 0 Å². The number of fused-ring (bicyclic) bond motifs is 1. The summed E-state index contributed by atoms with van der Waals surface area (Å²) in [4.78, 5) is 29.7. The van der Waals surface area contributed by atoms with Gasteiger partial charge in [0.2, 0.25) is 0 Å². The molecule has 1 aliphatic carbocycles. The van der Waals surface area contributed by atoms with E-state index in [0.717, 1.165) is 37.1 Å². The number of carbonyl (C=O) groups excluding carboxylic acids is 1. The molecule has 2 aromatic carbocycles. The van der Waals surface area contributed by atoms with E-state index in [9.17, 15) is 9.59 Å². The van der Waals surface area contributed by atoms with E-state index in [-0.39, 0.29) is 11.5 Å². The van der Waals surface area contributed by atoms with Crippen molar-refractivity contribution in [2.75, 3.05) is 7.11 Å². The lowest BCUT2D eigenvalue weighted by molar-refractivity contribution is -0.147. The Labute approximate surface area is 200 Å². The summed E-state index contributed by atoms with van der Waals surface area (Å²) in [5.74, 6) is 1.000. The minimum atomic E-state index is -0.730. The van der Waals surface area contributed by atoms with Gasteiger partial charge in [-0.25, -0.2) is 9.78 Å². The molecule has 0 amide bonds. The summed E-state index contributed by atoms with van der Waals surface area (Å²) >= 11 is 3.48. The highest BCUT2D eigenvalue weighted by Gasteiger charge is 2.22. The number of nitrogens with zero attached hydrogens (tertiary/aromatic N) is 3. The largest absolute Gasteiger partial charge is 0.478 e. The number of ether oxygens (including phenoxy) is 2. The lowest BCUT2D eigenvalue weighted by atomic mass is 9.88. The molecule has 172 valence electrons. The van der Waals surface area contributed by atoms with E-state index < -0.39 is 12.1 Å². The summed E-state index contributed by atoms with van der Waals surface area (Å²) in [5.41, 5.74) is 1.32. The second-order valence-electron chi connectivity index (χ2n) is 8.16. The zero-order valence-corrected chi connectivity index (χ0v) is 20.2. The van der Waals surface area contributed by atoms with Crippen LogP contribution in [0.2, 0.25) is 0 Å². The Balaban J connectivity index is 1.67. The van der Waals surface area contributed by atoms with E-state index >= 15 is 0 Å². The maximum absolute atomic E-state index is 13.3. The fourth-order valence-corrected chi connectivity index (χ4v) is 4.59. The number of aromatic nitrogens is 2. The number of benzene rings is 2. The molecule has 1 saturated carbocycles. The summed E-state index contributed by atoms with van der Waals surface area (Å²) in [7, 11) is 1.32. The SMILES string of the molecule is COC(=O)[C@@H](C)Oc1ccc(C=Nn2c(C3CCCCC3)nc3ccccc3c2=O)cc1Br. The molecule has 1 aliphatic rings. The van der Waals surface area contributed by atoms with Crippen LogP contribution < -0.4 is 10.3 Å². The maximum Gasteiger partial charge on any atom is 0.346 e. The average Bonchev–Trinajstić information content (AvgIpc) is 2.84. The van der Waals surface area contributed by atoms with Gasteiger partial charge < -0.3 is 9.47 Å². The zero-order valence-electron chi connectivity index (χ0n) is 18.7. The van der Waals surface area contributed by atoms with Crippen molar-refractivity contribution >= 4 is 39.0 Å². The quantitative estimate of drug-likeness (QED) is 0.342. The number of rotatable bonds is 6. The normalized spacial score (nSPS) is 15.6. The number of halogens is 1. The molecule has 33 heavy (non-hydrogen) atoms. The van der Waals surface area contributed by atoms with E-state index in [0.29, 0.717) is 21.1 Å². The molecule has 1 atom stereocenters. The number of carbonyl (C=O) groups is 1. The third kappa shape index (κ3) is 5.16. The number of hydrogen-bond donors (Lipinski definition) is 0. The number of para-hydroxylation sites is 1. The van der Waals surface area contributed by atoms with E-state index in [1.54, 1.807) is 25.3 Å². The lowest BCUT2D eigenvalue weighted by Gasteiger charge is -2.22. The molecule has 0 spiro atoms. The van der Waals surface area contributed by atoms with Crippen LogP contribution in [0.5, 0.6) is 5.75 Å². The molecule has 0 bridgehead atoms. The molecule has 3 aromatic rings. The van der Waals surface area contributed by atoms with E-state index in [1.807, 2.05) is 30.3 Å². The monoisotopic (exact) mass is 511 g/mol. The highest BCUT2D eigenvalue weighted by molar-refractivity contribution is 9.10. The van der Waals surface area contributed by atoms with Gasteiger partial charge in [0, 0.05) is 5.92 Å². The molecule has 4 rings (SSSR count). The van der Waals surface area contributed by atoms with Crippen molar-refractivity contribution in [1.29, 1.82) is 0 Å². The van der Waals surface area contributed by atoms with Crippen LogP contribution >= 0.6 is 15.9 Å². The molecule has 8 heteroatoms. The number of esters is 1. The Bertz CT molecular complexity index is 1250. The van der Waals surface area contributed by atoms with Crippen LogP contribution in [0, 0.1) is 0 Å². The predicted octanol–water partition coefficient (Wildman–Crippen LogP) is 5.03. The highest BCUT2D eigenvalue weighted by atomic mass is 79.9. The van der Waals surface area contributed by atoms with E-state index in [2.05, 4.69) is 21.0 Å². The first-order valence-corrected chi connectivity index (χ1v) is 11.9. The molecule has 1 aromatic heterocycles. The smallest absolute Gasteiger partial charge is 0.346 e. The first-order chi connectivity index (χ1) is 16.0. The highest BCUT2D eigenvalue weighted by Crippen LogP contribution is 2.32. The molecule has 0 unspecified atom stereocenters. The van der Waals surface area contributed by atoms with Gasteiger partial charge in [-0.05, 0) is 71.6 Å². The fraction of sp³-hybridized carbons (Fsp3) is 0.360. The first-order valence-electron chi connectivity index (χ1n) is 11.1. The van der Waals surface area contributed by atoms with Gasteiger partial charge in [-0.3, -0.25) is 4.79 Å².